The van der Waals surface area contributed by atoms with Gasteiger partial charge in [-0.05, 0) is 61.8 Å². The van der Waals surface area contributed by atoms with Crippen molar-refractivity contribution in [1.82, 2.24) is 9.80 Å². The van der Waals surface area contributed by atoms with Gasteiger partial charge in [0.15, 0.2) is 0 Å². The van der Waals surface area contributed by atoms with Crippen LogP contribution in [-0.4, -0.2) is 52.5 Å². The van der Waals surface area contributed by atoms with Crippen molar-refractivity contribution in [2.75, 3.05) is 24.2 Å². The lowest BCUT2D eigenvalue weighted by molar-refractivity contribution is -0.143. The first kappa shape index (κ1) is 27.0. The van der Waals surface area contributed by atoms with Crippen LogP contribution in [0, 0.1) is 5.92 Å². The first-order chi connectivity index (χ1) is 17.4. The van der Waals surface area contributed by atoms with Gasteiger partial charge in [0.05, 0.1) is 17.1 Å². The molecule has 1 aliphatic heterocycles. The molecule has 2 atom stereocenters. The fourth-order valence-electron chi connectivity index (χ4n) is 5.67. The van der Waals surface area contributed by atoms with E-state index in [1.807, 2.05) is 30.3 Å². The van der Waals surface area contributed by atoms with E-state index in [1.54, 1.807) is 11.8 Å². The zero-order valence-electron chi connectivity index (χ0n) is 21.6. The van der Waals surface area contributed by atoms with Gasteiger partial charge in [-0.3, -0.25) is 14.5 Å². The second kappa shape index (κ2) is 12.5. The summed E-state index contributed by atoms with van der Waals surface area (Å²) < 4.78 is 0. The smallest absolute Gasteiger partial charge is 0.228 e. The Morgan fingerprint density at radius 3 is 2.33 bits per heavy atom. The molecule has 7 heteroatoms. The lowest BCUT2D eigenvalue weighted by Gasteiger charge is -2.45. The van der Waals surface area contributed by atoms with Crippen LogP contribution in [0.15, 0.2) is 47.4 Å². The summed E-state index contributed by atoms with van der Waals surface area (Å²) in [6.07, 6.45) is 4.74. The number of nitrogens with one attached hydrogen (secondary N) is 1. The molecular weight excluding hydrogens is 490 g/mol. The van der Waals surface area contributed by atoms with Crippen LogP contribution >= 0.6 is 23.4 Å². The summed E-state index contributed by atoms with van der Waals surface area (Å²) in [4.78, 5) is 31.5. The zero-order valence-corrected chi connectivity index (χ0v) is 23.2. The van der Waals surface area contributed by atoms with Crippen molar-refractivity contribution in [2.24, 2.45) is 5.92 Å². The Balaban J connectivity index is 1.35. The molecule has 4 rings (SSSR count). The highest BCUT2D eigenvalue weighted by molar-refractivity contribution is 7.99. The maximum Gasteiger partial charge on any atom is 0.228 e. The summed E-state index contributed by atoms with van der Waals surface area (Å²) in [6, 6.07) is 14.3. The molecule has 0 spiro atoms. The Labute approximate surface area is 224 Å². The van der Waals surface area contributed by atoms with Crippen LogP contribution in [0.4, 0.5) is 5.69 Å². The van der Waals surface area contributed by atoms with Gasteiger partial charge in [-0.15, -0.1) is 11.8 Å². The third kappa shape index (κ3) is 6.64. The second-order valence-corrected chi connectivity index (χ2v) is 11.9. The molecule has 2 amide bonds. The van der Waals surface area contributed by atoms with Gasteiger partial charge in [-0.25, -0.2) is 0 Å². The summed E-state index contributed by atoms with van der Waals surface area (Å²) in [5.41, 5.74) is 2.62. The molecule has 0 radical (unpaired) electrons. The fourth-order valence-corrected chi connectivity index (χ4v) is 6.56. The van der Waals surface area contributed by atoms with E-state index >= 15 is 0 Å². The Kier molecular flexibility index (Phi) is 9.37. The van der Waals surface area contributed by atoms with E-state index < -0.39 is 0 Å². The van der Waals surface area contributed by atoms with Crippen molar-refractivity contribution in [3.8, 4) is 0 Å². The minimum absolute atomic E-state index is 0.0776. The minimum Gasteiger partial charge on any atom is -0.334 e. The highest BCUT2D eigenvalue weighted by Gasteiger charge is 2.37. The van der Waals surface area contributed by atoms with Crippen molar-refractivity contribution < 1.29 is 9.59 Å². The first-order valence-electron chi connectivity index (χ1n) is 13.2. The fraction of sp³-hybridized carbons (Fsp3) is 0.517. The number of thioether (sulfide) groups is 1. The largest absolute Gasteiger partial charge is 0.334 e. The molecule has 1 N–H and O–H groups in total. The average Bonchev–Trinajstić information content (AvgIpc) is 3.38. The molecule has 194 valence electrons. The molecule has 5 nitrogen and oxygen atoms in total. The number of rotatable bonds is 8. The molecule has 1 heterocycles. The molecule has 1 saturated carbocycles. The minimum atomic E-state index is -0.0776. The number of hydrogen-bond donors (Lipinski definition) is 1. The predicted molar refractivity (Wildman–Crippen MR) is 150 cm³/mol. The molecule has 2 aromatic carbocycles. The number of nitrogens with zero attached hydrogens (tertiary/aromatic N) is 2. The summed E-state index contributed by atoms with van der Waals surface area (Å²) in [7, 11) is 0. The quantitative estimate of drug-likeness (QED) is 0.412. The van der Waals surface area contributed by atoms with E-state index in [0.29, 0.717) is 29.6 Å². The molecule has 1 saturated heterocycles. The van der Waals surface area contributed by atoms with Gasteiger partial charge in [-0.1, -0.05) is 55.6 Å². The van der Waals surface area contributed by atoms with Crippen LogP contribution in [0.2, 0.25) is 5.02 Å². The van der Waals surface area contributed by atoms with Crippen molar-refractivity contribution in [1.29, 1.82) is 0 Å². The van der Waals surface area contributed by atoms with Crippen molar-refractivity contribution in [3.63, 3.8) is 0 Å². The standard InChI is InChI=1S/C29H38ClN3O2S/c1-4-36-25-14-12-22(13-15-25)16-27(34)31-26-11-7-10-24(28(26)30)19-32-17-20(2)33(21(3)18-32)29(35)23-8-5-6-9-23/h7,10-15,20-21,23H,4-6,8-9,16-19H2,1-3H3,(H,31,34). The van der Waals surface area contributed by atoms with E-state index in [9.17, 15) is 9.59 Å². The number of benzene rings is 2. The third-order valence-corrected chi connectivity index (χ3v) is 8.64. The number of piperazine rings is 1. The van der Waals surface area contributed by atoms with Gasteiger partial charge in [0.25, 0.3) is 0 Å². The predicted octanol–water partition coefficient (Wildman–Crippen LogP) is 6.24. The van der Waals surface area contributed by atoms with E-state index in [0.717, 1.165) is 42.8 Å². The number of amides is 2. The van der Waals surface area contributed by atoms with E-state index in [1.165, 1.54) is 17.7 Å². The summed E-state index contributed by atoms with van der Waals surface area (Å²) in [6.45, 7) is 8.77. The van der Waals surface area contributed by atoms with Crippen LogP contribution in [0.3, 0.4) is 0 Å². The Morgan fingerprint density at radius 1 is 1.03 bits per heavy atom. The molecule has 1 aliphatic carbocycles. The van der Waals surface area contributed by atoms with Crippen molar-refractivity contribution in [3.05, 3.63) is 58.6 Å². The SMILES string of the molecule is CCSc1ccc(CC(=O)Nc2cccc(CN3CC(C)N(C(=O)C4CCCC4)C(C)C3)c2Cl)cc1. The molecule has 0 aromatic heterocycles. The number of anilines is 1. The average molecular weight is 528 g/mol. The maximum atomic E-state index is 13.1. The van der Waals surface area contributed by atoms with E-state index in [2.05, 4.69) is 48.0 Å². The lowest BCUT2D eigenvalue weighted by atomic mass is 10.0. The van der Waals surface area contributed by atoms with Gasteiger partial charge >= 0.3 is 0 Å². The van der Waals surface area contributed by atoms with E-state index in [4.69, 9.17) is 11.6 Å². The zero-order chi connectivity index (χ0) is 25.7. The third-order valence-electron chi connectivity index (χ3n) is 7.30. The Hall–Kier alpha value is -2.02. The number of carbonyl (C=O) groups excluding carboxylic acids is 2. The molecule has 0 bridgehead atoms. The molecule has 2 unspecified atom stereocenters. The second-order valence-electron chi connectivity index (χ2n) is 10.2. The lowest BCUT2D eigenvalue weighted by Crippen LogP contribution is -2.59. The molecule has 2 fully saturated rings. The van der Waals surface area contributed by atoms with Crippen LogP contribution in [0.25, 0.3) is 0 Å². The molecular formula is C29H38ClN3O2S. The highest BCUT2D eigenvalue weighted by Crippen LogP contribution is 2.31. The van der Waals surface area contributed by atoms with Crippen LogP contribution in [-0.2, 0) is 22.6 Å². The monoisotopic (exact) mass is 527 g/mol. The van der Waals surface area contributed by atoms with Crippen LogP contribution in [0.1, 0.15) is 57.6 Å². The van der Waals surface area contributed by atoms with Crippen LogP contribution in [0.5, 0.6) is 0 Å². The van der Waals surface area contributed by atoms with Crippen molar-refractivity contribution >= 4 is 40.9 Å². The van der Waals surface area contributed by atoms with Gasteiger partial charge in [0, 0.05) is 42.5 Å². The molecule has 2 aliphatic rings. The summed E-state index contributed by atoms with van der Waals surface area (Å²) >= 11 is 8.55. The number of halogens is 1. The van der Waals surface area contributed by atoms with Gasteiger partial charge in [0.2, 0.25) is 11.8 Å². The first-order valence-corrected chi connectivity index (χ1v) is 14.6. The summed E-state index contributed by atoms with van der Waals surface area (Å²) in [5.74, 6) is 1.50. The van der Waals surface area contributed by atoms with Gasteiger partial charge < -0.3 is 10.2 Å². The topological polar surface area (TPSA) is 52.7 Å². The number of carbonyl (C=O) groups is 2. The summed E-state index contributed by atoms with van der Waals surface area (Å²) in [5, 5.41) is 3.59. The van der Waals surface area contributed by atoms with Crippen LogP contribution < -0.4 is 5.32 Å². The molecule has 2 aromatic rings. The number of hydrogen-bond acceptors (Lipinski definition) is 4. The Morgan fingerprint density at radius 2 is 1.69 bits per heavy atom. The maximum absolute atomic E-state index is 13.1. The Bertz CT molecular complexity index is 1040. The molecule has 36 heavy (non-hydrogen) atoms. The van der Waals surface area contributed by atoms with Crippen molar-refractivity contribution in [2.45, 2.75) is 76.4 Å². The van der Waals surface area contributed by atoms with Gasteiger partial charge in [-0.2, -0.15) is 0 Å². The normalized spacial score (nSPS) is 21.1. The highest BCUT2D eigenvalue weighted by atomic mass is 35.5. The van der Waals surface area contributed by atoms with Gasteiger partial charge in [0.1, 0.15) is 0 Å². The van der Waals surface area contributed by atoms with E-state index in [-0.39, 0.29) is 23.9 Å².